The Morgan fingerprint density at radius 2 is 0.725 bits per heavy atom. The summed E-state index contributed by atoms with van der Waals surface area (Å²) in [7, 11) is 2.16. The van der Waals surface area contributed by atoms with E-state index in [0.29, 0.717) is 0 Å². The second-order valence-electron chi connectivity index (χ2n) is 10.7. The molecule has 3 heterocycles. The average Bonchev–Trinajstić information content (AvgIpc) is 3.62. The Morgan fingerprint density at radius 3 is 1.32 bits per heavy atom. The summed E-state index contributed by atoms with van der Waals surface area (Å²) in [5, 5.41) is 7.65. The highest BCUT2D eigenvalue weighted by Gasteiger charge is 2.17. The molecule has 0 amide bonds. The number of rotatable bonds is 2. The van der Waals surface area contributed by atoms with Crippen molar-refractivity contribution >= 4 is 65.4 Å². The van der Waals surface area contributed by atoms with Gasteiger partial charge in [-0.15, -0.1) is 0 Å². The zero-order chi connectivity index (χ0) is 26.4. The van der Waals surface area contributed by atoms with Crippen LogP contribution in [0.1, 0.15) is 0 Å². The first-order chi connectivity index (χ1) is 19.8. The number of aromatic nitrogens is 3. The molecule has 0 fully saturated rings. The summed E-state index contributed by atoms with van der Waals surface area (Å²) in [4.78, 5) is 0. The molecule has 0 aliphatic rings. The second kappa shape index (κ2) is 7.87. The van der Waals surface area contributed by atoms with E-state index in [2.05, 4.69) is 154 Å². The highest BCUT2D eigenvalue weighted by Crippen LogP contribution is 2.38. The number of aryl methyl sites for hydroxylation is 1. The first-order valence-corrected chi connectivity index (χ1v) is 13.8. The van der Waals surface area contributed by atoms with Crippen LogP contribution in [-0.2, 0) is 7.05 Å². The van der Waals surface area contributed by atoms with Gasteiger partial charge in [-0.1, -0.05) is 78.9 Å². The molecule has 6 aromatic carbocycles. The van der Waals surface area contributed by atoms with Crippen LogP contribution >= 0.6 is 0 Å². The number of hydrogen-bond donors (Lipinski definition) is 0. The molecule has 0 unspecified atom stereocenters. The minimum atomic E-state index is 1.17. The van der Waals surface area contributed by atoms with E-state index < -0.39 is 0 Å². The number of fused-ring (bicyclic) bond motifs is 9. The number of nitrogens with zero attached hydrogens (tertiary/aromatic N) is 3. The molecule has 0 atom stereocenters. The lowest BCUT2D eigenvalue weighted by Gasteiger charge is -2.11. The Kier molecular flexibility index (Phi) is 4.26. The van der Waals surface area contributed by atoms with E-state index in [4.69, 9.17) is 0 Å². The van der Waals surface area contributed by atoms with Crippen LogP contribution in [0.4, 0.5) is 0 Å². The average molecular weight is 512 g/mol. The summed E-state index contributed by atoms with van der Waals surface area (Å²) < 4.78 is 7.13. The van der Waals surface area contributed by atoms with Gasteiger partial charge < -0.3 is 13.7 Å². The largest absolute Gasteiger partial charge is 0.344 e. The molecular formula is C37H25N3. The monoisotopic (exact) mass is 511 g/mol. The fraction of sp³-hybridized carbons (Fsp3) is 0.0270. The van der Waals surface area contributed by atoms with Gasteiger partial charge in [0.1, 0.15) is 0 Å². The molecule has 40 heavy (non-hydrogen) atoms. The molecule has 0 bridgehead atoms. The van der Waals surface area contributed by atoms with Gasteiger partial charge in [0.15, 0.2) is 0 Å². The topological polar surface area (TPSA) is 14.8 Å². The zero-order valence-corrected chi connectivity index (χ0v) is 22.0. The van der Waals surface area contributed by atoms with Crippen molar-refractivity contribution in [2.45, 2.75) is 0 Å². The third-order valence-electron chi connectivity index (χ3n) is 8.65. The van der Waals surface area contributed by atoms with E-state index in [9.17, 15) is 0 Å². The molecule has 0 aliphatic heterocycles. The Hall–Kier alpha value is -5.28. The van der Waals surface area contributed by atoms with Gasteiger partial charge in [0.2, 0.25) is 0 Å². The summed E-state index contributed by atoms with van der Waals surface area (Å²) in [5.74, 6) is 0. The van der Waals surface area contributed by atoms with E-state index in [-0.39, 0.29) is 0 Å². The fourth-order valence-corrected chi connectivity index (χ4v) is 6.87. The van der Waals surface area contributed by atoms with Crippen molar-refractivity contribution in [2.75, 3.05) is 0 Å². The molecule has 188 valence electrons. The van der Waals surface area contributed by atoms with Crippen molar-refractivity contribution in [1.29, 1.82) is 0 Å². The predicted molar refractivity (Wildman–Crippen MR) is 169 cm³/mol. The molecule has 3 heteroatoms. The van der Waals surface area contributed by atoms with Crippen LogP contribution in [0.15, 0.2) is 133 Å². The number of para-hydroxylation sites is 4. The molecule has 9 rings (SSSR count). The zero-order valence-electron chi connectivity index (χ0n) is 22.0. The van der Waals surface area contributed by atoms with Crippen molar-refractivity contribution in [1.82, 2.24) is 13.7 Å². The van der Waals surface area contributed by atoms with E-state index in [1.807, 2.05) is 0 Å². The minimum absolute atomic E-state index is 1.17. The normalized spacial score (nSPS) is 12.1. The lowest BCUT2D eigenvalue weighted by Crippen LogP contribution is -1.97. The van der Waals surface area contributed by atoms with Gasteiger partial charge in [-0.3, -0.25) is 0 Å². The smallest absolute Gasteiger partial charge is 0.0561 e. The SMILES string of the molecule is Cn1c2ccccc2c2cc(-n3c4ccccc4c4ccc(-n5c6ccccc6c6ccccc65)cc43)ccc21. The van der Waals surface area contributed by atoms with Gasteiger partial charge in [0.25, 0.3) is 0 Å². The van der Waals surface area contributed by atoms with E-state index >= 15 is 0 Å². The predicted octanol–water partition coefficient (Wildman–Crippen LogP) is 9.53. The minimum Gasteiger partial charge on any atom is -0.344 e. The molecular weight excluding hydrogens is 486 g/mol. The maximum absolute atomic E-state index is 2.43. The maximum atomic E-state index is 2.43. The first kappa shape index (κ1) is 21.6. The van der Waals surface area contributed by atoms with E-state index in [0.717, 1.165) is 0 Å². The van der Waals surface area contributed by atoms with Gasteiger partial charge in [0.05, 0.1) is 22.1 Å². The van der Waals surface area contributed by atoms with Crippen LogP contribution in [-0.4, -0.2) is 13.7 Å². The van der Waals surface area contributed by atoms with Crippen LogP contribution in [0, 0.1) is 0 Å². The molecule has 0 N–H and O–H groups in total. The summed E-state index contributed by atoms with van der Waals surface area (Å²) >= 11 is 0. The molecule has 3 aromatic heterocycles. The summed E-state index contributed by atoms with van der Waals surface area (Å²) in [6, 6.07) is 48.7. The standard InChI is InChI=1S/C37H25N3/c1-38-32-14-6-2-13-29(32)31-22-24(19-21-33(31)38)40-36-17-9-5-12-28(36)30-20-18-25(23-37(30)40)39-34-15-7-3-10-26(34)27-11-4-8-16-35(27)39/h2-23H,1H3. The number of benzene rings is 6. The van der Waals surface area contributed by atoms with E-state index in [1.165, 1.54) is 76.8 Å². The van der Waals surface area contributed by atoms with Crippen molar-refractivity contribution in [3.63, 3.8) is 0 Å². The third kappa shape index (κ3) is 2.79. The van der Waals surface area contributed by atoms with Gasteiger partial charge in [-0.25, -0.2) is 0 Å². The van der Waals surface area contributed by atoms with Gasteiger partial charge in [0, 0.05) is 61.8 Å². The molecule has 0 saturated heterocycles. The van der Waals surface area contributed by atoms with Gasteiger partial charge >= 0.3 is 0 Å². The second-order valence-corrected chi connectivity index (χ2v) is 10.7. The maximum Gasteiger partial charge on any atom is 0.0561 e. The summed E-state index contributed by atoms with van der Waals surface area (Å²) in [6.07, 6.45) is 0. The van der Waals surface area contributed by atoms with Crippen LogP contribution < -0.4 is 0 Å². The molecule has 9 aromatic rings. The molecule has 0 radical (unpaired) electrons. The van der Waals surface area contributed by atoms with Crippen LogP contribution in [0.3, 0.4) is 0 Å². The molecule has 0 saturated carbocycles. The van der Waals surface area contributed by atoms with Crippen molar-refractivity contribution in [3.8, 4) is 11.4 Å². The van der Waals surface area contributed by atoms with Gasteiger partial charge in [-0.2, -0.15) is 0 Å². The highest BCUT2D eigenvalue weighted by atomic mass is 15.0. The lowest BCUT2D eigenvalue weighted by molar-refractivity contribution is 1.01. The third-order valence-corrected chi connectivity index (χ3v) is 8.65. The Labute approximate surface area is 230 Å². The van der Waals surface area contributed by atoms with Crippen molar-refractivity contribution in [3.05, 3.63) is 133 Å². The van der Waals surface area contributed by atoms with Crippen LogP contribution in [0.2, 0.25) is 0 Å². The van der Waals surface area contributed by atoms with Crippen molar-refractivity contribution < 1.29 is 0 Å². The first-order valence-electron chi connectivity index (χ1n) is 13.8. The lowest BCUT2D eigenvalue weighted by atomic mass is 10.1. The number of hydrogen-bond acceptors (Lipinski definition) is 0. The fourth-order valence-electron chi connectivity index (χ4n) is 6.87. The van der Waals surface area contributed by atoms with Gasteiger partial charge in [-0.05, 0) is 54.6 Å². The Morgan fingerprint density at radius 1 is 0.325 bits per heavy atom. The molecule has 0 aliphatic carbocycles. The molecule has 0 spiro atoms. The quantitative estimate of drug-likeness (QED) is 0.219. The highest BCUT2D eigenvalue weighted by molar-refractivity contribution is 6.13. The van der Waals surface area contributed by atoms with Crippen molar-refractivity contribution in [2.24, 2.45) is 7.05 Å². The van der Waals surface area contributed by atoms with Crippen LogP contribution in [0.25, 0.3) is 76.8 Å². The Balaban J connectivity index is 1.38. The Bertz CT molecular complexity index is 2390. The molecule has 3 nitrogen and oxygen atoms in total. The summed E-state index contributed by atoms with van der Waals surface area (Å²) in [6.45, 7) is 0. The summed E-state index contributed by atoms with van der Waals surface area (Å²) in [5.41, 5.74) is 9.72. The van der Waals surface area contributed by atoms with E-state index in [1.54, 1.807) is 0 Å². The van der Waals surface area contributed by atoms with Crippen LogP contribution in [0.5, 0.6) is 0 Å².